The lowest BCUT2D eigenvalue weighted by Crippen LogP contribution is -2.50. The first-order chi connectivity index (χ1) is 7.66. The Balaban J connectivity index is 1.88. The van der Waals surface area contributed by atoms with Crippen molar-refractivity contribution in [3.8, 4) is 0 Å². The van der Waals surface area contributed by atoms with Crippen LogP contribution in [0.15, 0.2) is 12.1 Å². The van der Waals surface area contributed by atoms with E-state index < -0.39 is 0 Å². The minimum Gasteiger partial charge on any atom is -0.351 e. The number of carbonyl (C=O) groups excluding carboxylic acids is 1. The lowest BCUT2D eigenvalue weighted by molar-refractivity contribution is -0.135. The number of hydrogen-bond acceptors (Lipinski definition) is 3. The lowest BCUT2D eigenvalue weighted by atomic mass is 9.68. The zero-order chi connectivity index (χ0) is 11.6. The summed E-state index contributed by atoms with van der Waals surface area (Å²) >= 11 is 7.31. The van der Waals surface area contributed by atoms with Crippen LogP contribution in [0.1, 0.15) is 24.1 Å². The fourth-order valence-corrected chi connectivity index (χ4v) is 2.96. The number of thiophene rings is 1. The van der Waals surface area contributed by atoms with Crippen molar-refractivity contribution < 1.29 is 4.79 Å². The summed E-state index contributed by atoms with van der Waals surface area (Å²) in [6, 6.07) is 3.78. The number of nitrogens with one attached hydrogen (secondary N) is 1. The average Bonchev–Trinajstić information content (AvgIpc) is 2.60. The summed E-state index contributed by atoms with van der Waals surface area (Å²) in [7, 11) is 0. The van der Waals surface area contributed by atoms with Crippen LogP contribution in [0.25, 0.3) is 0 Å². The number of amides is 1. The Kier molecular flexibility index (Phi) is 3.52. The molecule has 0 atom stereocenters. The first-order valence-corrected chi connectivity index (χ1v) is 6.58. The van der Waals surface area contributed by atoms with Gasteiger partial charge >= 0.3 is 0 Å². The molecule has 1 heterocycles. The third-order valence-electron chi connectivity index (χ3n) is 3.24. The van der Waals surface area contributed by atoms with Crippen LogP contribution in [0.3, 0.4) is 0 Å². The molecule has 2 rings (SSSR count). The molecule has 1 saturated carbocycles. The molecule has 1 fully saturated rings. The highest BCUT2D eigenvalue weighted by Crippen LogP contribution is 2.40. The molecule has 1 aliphatic carbocycles. The van der Waals surface area contributed by atoms with E-state index >= 15 is 0 Å². The quantitative estimate of drug-likeness (QED) is 0.870. The van der Waals surface area contributed by atoms with Crippen LogP contribution in [0.2, 0.25) is 4.34 Å². The average molecular weight is 259 g/mol. The monoisotopic (exact) mass is 258 g/mol. The van der Waals surface area contributed by atoms with E-state index in [1.165, 1.54) is 11.3 Å². The summed E-state index contributed by atoms with van der Waals surface area (Å²) in [4.78, 5) is 13.0. The molecule has 1 aliphatic rings. The van der Waals surface area contributed by atoms with E-state index in [1.807, 2.05) is 12.1 Å². The summed E-state index contributed by atoms with van der Waals surface area (Å²) in [5.74, 6) is 0.0887. The Morgan fingerprint density at radius 1 is 1.56 bits per heavy atom. The number of rotatable bonds is 4. The Labute approximate surface area is 104 Å². The molecule has 0 aliphatic heterocycles. The molecular formula is C11H15ClN2OS. The summed E-state index contributed by atoms with van der Waals surface area (Å²) in [6.45, 7) is 1.00. The molecule has 1 amide bonds. The van der Waals surface area contributed by atoms with Gasteiger partial charge < -0.3 is 11.1 Å². The minimum atomic E-state index is -0.291. The van der Waals surface area contributed by atoms with Gasteiger partial charge in [0.1, 0.15) is 0 Å². The third-order valence-corrected chi connectivity index (χ3v) is 4.47. The Morgan fingerprint density at radius 3 is 2.75 bits per heavy atom. The van der Waals surface area contributed by atoms with Crippen molar-refractivity contribution in [2.24, 2.45) is 11.1 Å². The van der Waals surface area contributed by atoms with E-state index in [0.29, 0.717) is 13.1 Å². The van der Waals surface area contributed by atoms with Crippen LogP contribution in [-0.4, -0.2) is 12.5 Å². The second kappa shape index (κ2) is 4.73. The summed E-state index contributed by atoms with van der Waals surface area (Å²) in [6.07, 6.45) is 2.94. The van der Waals surface area contributed by atoms with Crippen LogP contribution in [0.5, 0.6) is 0 Å². The maximum absolute atomic E-state index is 11.9. The van der Waals surface area contributed by atoms with Crippen molar-refractivity contribution in [1.29, 1.82) is 0 Å². The smallest absolute Gasteiger partial charge is 0.227 e. The maximum Gasteiger partial charge on any atom is 0.227 e. The van der Waals surface area contributed by atoms with Crippen molar-refractivity contribution in [3.63, 3.8) is 0 Å². The SMILES string of the molecule is NCC1(C(=O)NCc2ccc(Cl)s2)CCC1. The molecule has 0 saturated heterocycles. The largest absolute Gasteiger partial charge is 0.351 e. The third kappa shape index (κ3) is 2.24. The van der Waals surface area contributed by atoms with Crippen molar-refractivity contribution in [2.75, 3.05) is 6.54 Å². The molecule has 5 heteroatoms. The van der Waals surface area contributed by atoms with Crippen molar-refractivity contribution in [1.82, 2.24) is 5.32 Å². The fraction of sp³-hybridized carbons (Fsp3) is 0.545. The van der Waals surface area contributed by atoms with Crippen molar-refractivity contribution in [2.45, 2.75) is 25.8 Å². The molecule has 3 N–H and O–H groups in total. The number of hydrogen-bond donors (Lipinski definition) is 2. The van der Waals surface area contributed by atoms with Gasteiger partial charge in [0.05, 0.1) is 16.3 Å². The molecule has 0 spiro atoms. The Morgan fingerprint density at radius 2 is 2.31 bits per heavy atom. The first-order valence-electron chi connectivity index (χ1n) is 5.39. The molecule has 16 heavy (non-hydrogen) atoms. The molecule has 0 radical (unpaired) electrons. The number of nitrogens with two attached hydrogens (primary N) is 1. The highest BCUT2D eigenvalue weighted by atomic mass is 35.5. The normalized spacial score (nSPS) is 17.9. The van der Waals surface area contributed by atoms with Gasteiger partial charge in [0.25, 0.3) is 0 Å². The van der Waals surface area contributed by atoms with Gasteiger partial charge in [-0.2, -0.15) is 0 Å². The van der Waals surface area contributed by atoms with Gasteiger partial charge in [-0.05, 0) is 25.0 Å². The van der Waals surface area contributed by atoms with Crippen LogP contribution >= 0.6 is 22.9 Å². The van der Waals surface area contributed by atoms with Crippen LogP contribution in [-0.2, 0) is 11.3 Å². The first kappa shape index (κ1) is 11.9. The van der Waals surface area contributed by atoms with Crippen LogP contribution in [0, 0.1) is 5.41 Å². The summed E-state index contributed by atoms with van der Waals surface area (Å²) < 4.78 is 0.751. The van der Waals surface area contributed by atoms with Gasteiger partial charge in [-0.3, -0.25) is 4.79 Å². The van der Waals surface area contributed by atoms with Crippen molar-refractivity contribution in [3.05, 3.63) is 21.3 Å². The van der Waals surface area contributed by atoms with Gasteiger partial charge in [0, 0.05) is 11.4 Å². The Hall–Kier alpha value is -0.580. The molecule has 3 nitrogen and oxygen atoms in total. The van der Waals surface area contributed by atoms with Gasteiger partial charge in [-0.25, -0.2) is 0 Å². The predicted molar refractivity (Wildman–Crippen MR) is 66.5 cm³/mol. The van der Waals surface area contributed by atoms with Crippen molar-refractivity contribution >= 4 is 28.8 Å². The van der Waals surface area contributed by atoms with Gasteiger partial charge in [-0.1, -0.05) is 18.0 Å². The van der Waals surface area contributed by atoms with Gasteiger partial charge in [0.2, 0.25) is 5.91 Å². The fourth-order valence-electron chi connectivity index (χ4n) is 1.93. The highest BCUT2D eigenvalue weighted by molar-refractivity contribution is 7.16. The van der Waals surface area contributed by atoms with Crippen LogP contribution in [0.4, 0.5) is 0 Å². The molecule has 1 aromatic heterocycles. The highest BCUT2D eigenvalue weighted by Gasteiger charge is 2.42. The molecule has 0 unspecified atom stereocenters. The van der Waals surface area contributed by atoms with Gasteiger partial charge in [-0.15, -0.1) is 11.3 Å². The Bertz CT molecular complexity index is 382. The molecule has 0 aromatic carbocycles. The topological polar surface area (TPSA) is 55.1 Å². The standard InChI is InChI=1S/C11H15ClN2OS/c12-9-3-2-8(16-9)6-14-10(15)11(7-13)4-1-5-11/h2-3H,1,4-7,13H2,(H,14,15). The molecule has 0 bridgehead atoms. The van der Waals surface area contributed by atoms with E-state index in [4.69, 9.17) is 17.3 Å². The minimum absolute atomic E-state index is 0.0887. The molecule has 88 valence electrons. The summed E-state index contributed by atoms with van der Waals surface area (Å²) in [5, 5.41) is 2.94. The van der Waals surface area contributed by atoms with Gasteiger partial charge in [0.15, 0.2) is 0 Å². The zero-order valence-electron chi connectivity index (χ0n) is 8.96. The van der Waals surface area contributed by atoms with Crippen LogP contribution < -0.4 is 11.1 Å². The van der Waals surface area contributed by atoms with E-state index in [-0.39, 0.29) is 11.3 Å². The number of carbonyl (C=O) groups is 1. The molecular weight excluding hydrogens is 244 g/mol. The number of halogens is 1. The second-order valence-corrected chi connectivity index (χ2v) is 6.03. The van der Waals surface area contributed by atoms with E-state index in [9.17, 15) is 4.79 Å². The second-order valence-electron chi connectivity index (χ2n) is 4.23. The van der Waals surface area contributed by atoms with E-state index in [2.05, 4.69) is 5.32 Å². The zero-order valence-corrected chi connectivity index (χ0v) is 10.5. The predicted octanol–water partition coefficient (Wildman–Crippen LogP) is 2.15. The lowest BCUT2D eigenvalue weighted by Gasteiger charge is -2.39. The molecule has 1 aromatic rings. The maximum atomic E-state index is 11.9. The van der Waals surface area contributed by atoms with E-state index in [1.54, 1.807) is 0 Å². The van der Waals surface area contributed by atoms with E-state index in [0.717, 1.165) is 28.5 Å². The summed E-state index contributed by atoms with van der Waals surface area (Å²) in [5.41, 5.74) is 5.37.